The van der Waals surface area contributed by atoms with Gasteiger partial charge in [-0.2, -0.15) is 0 Å². The fourth-order valence-electron chi connectivity index (χ4n) is 4.09. The summed E-state index contributed by atoms with van der Waals surface area (Å²) in [4.78, 5) is 14.0. The molecule has 1 amide bonds. The number of piperidine rings is 1. The van der Waals surface area contributed by atoms with E-state index in [1.54, 1.807) is 6.92 Å². The molecule has 0 radical (unpaired) electrons. The van der Waals surface area contributed by atoms with Gasteiger partial charge in [-0.25, -0.2) is 0 Å². The van der Waals surface area contributed by atoms with Crippen LogP contribution < -0.4 is 5.32 Å². The van der Waals surface area contributed by atoms with Crippen molar-refractivity contribution in [3.8, 4) is 0 Å². The van der Waals surface area contributed by atoms with Crippen molar-refractivity contribution in [2.24, 2.45) is 17.3 Å². The van der Waals surface area contributed by atoms with E-state index < -0.39 is 0 Å². The van der Waals surface area contributed by atoms with Crippen LogP contribution in [-0.4, -0.2) is 35.5 Å². The molecule has 4 atom stereocenters. The van der Waals surface area contributed by atoms with Crippen LogP contribution >= 0.6 is 0 Å². The predicted octanol–water partition coefficient (Wildman–Crippen LogP) is 3.05. The Balaban J connectivity index is 1.99. The first kappa shape index (κ1) is 15.8. The van der Waals surface area contributed by atoms with Gasteiger partial charge in [0.25, 0.3) is 0 Å². The summed E-state index contributed by atoms with van der Waals surface area (Å²) in [6, 6.07) is 0.646. The molecule has 2 aliphatic rings. The lowest BCUT2D eigenvalue weighted by Crippen LogP contribution is -2.53. The first-order valence-corrected chi connectivity index (χ1v) is 8.17. The van der Waals surface area contributed by atoms with Crippen LogP contribution in [0.2, 0.25) is 0 Å². The molecule has 0 aromatic heterocycles. The summed E-state index contributed by atoms with van der Waals surface area (Å²) in [5.41, 5.74) is 0.450. The summed E-state index contributed by atoms with van der Waals surface area (Å²) in [6.07, 6.45) is 3.43. The molecule has 3 nitrogen and oxygen atoms in total. The monoisotopic (exact) mass is 280 g/mol. The van der Waals surface area contributed by atoms with Crippen LogP contribution in [0.25, 0.3) is 0 Å². The maximum atomic E-state index is 11.4. The Hall–Kier alpha value is -0.570. The van der Waals surface area contributed by atoms with Gasteiger partial charge in [-0.1, -0.05) is 27.7 Å². The van der Waals surface area contributed by atoms with Crippen molar-refractivity contribution in [1.29, 1.82) is 0 Å². The quantitative estimate of drug-likeness (QED) is 0.843. The van der Waals surface area contributed by atoms with E-state index in [2.05, 4.69) is 44.8 Å². The molecule has 4 unspecified atom stereocenters. The predicted molar refractivity (Wildman–Crippen MR) is 83.5 cm³/mol. The minimum Gasteiger partial charge on any atom is -0.351 e. The van der Waals surface area contributed by atoms with Crippen molar-refractivity contribution in [3.63, 3.8) is 0 Å². The van der Waals surface area contributed by atoms with Crippen LogP contribution in [0.3, 0.4) is 0 Å². The highest BCUT2D eigenvalue weighted by Crippen LogP contribution is 2.43. The van der Waals surface area contributed by atoms with E-state index in [9.17, 15) is 4.79 Å². The van der Waals surface area contributed by atoms with Gasteiger partial charge < -0.3 is 5.32 Å². The van der Waals surface area contributed by atoms with Crippen LogP contribution in [0.4, 0.5) is 0 Å². The summed E-state index contributed by atoms with van der Waals surface area (Å²) in [5, 5.41) is 3.16. The zero-order chi connectivity index (χ0) is 15.1. The molecule has 0 bridgehead atoms. The van der Waals surface area contributed by atoms with E-state index in [0.717, 1.165) is 24.7 Å². The fraction of sp³-hybridized carbons (Fsp3) is 0.941. The summed E-state index contributed by atoms with van der Waals surface area (Å²) in [7, 11) is 0. The summed E-state index contributed by atoms with van der Waals surface area (Å²) in [6.45, 7) is 15.9. The second kappa shape index (κ2) is 5.32. The first-order valence-electron chi connectivity index (χ1n) is 8.17. The van der Waals surface area contributed by atoms with Gasteiger partial charge >= 0.3 is 0 Å². The van der Waals surface area contributed by atoms with E-state index >= 15 is 0 Å². The Morgan fingerprint density at radius 2 is 1.70 bits per heavy atom. The van der Waals surface area contributed by atoms with Crippen molar-refractivity contribution in [2.45, 2.75) is 72.4 Å². The first-order chi connectivity index (χ1) is 9.14. The minimum absolute atomic E-state index is 0.00986. The summed E-state index contributed by atoms with van der Waals surface area (Å²) < 4.78 is 0. The Morgan fingerprint density at radius 1 is 1.15 bits per heavy atom. The zero-order valence-corrected chi connectivity index (χ0v) is 14.1. The van der Waals surface area contributed by atoms with Crippen LogP contribution in [0.15, 0.2) is 0 Å². The lowest BCUT2D eigenvalue weighted by molar-refractivity contribution is -0.120. The van der Waals surface area contributed by atoms with E-state index in [1.165, 1.54) is 19.5 Å². The van der Waals surface area contributed by atoms with Crippen molar-refractivity contribution >= 4 is 5.91 Å². The highest BCUT2D eigenvalue weighted by molar-refractivity contribution is 5.73. The van der Waals surface area contributed by atoms with Gasteiger partial charge in [0.2, 0.25) is 5.91 Å². The molecule has 2 fully saturated rings. The molecular formula is C17H32N2O. The third kappa shape index (κ3) is 3.03. The SMILES string of the molecule is CC(=O)NC1(C)CCC(N2CC(C)C(C)(C)C(C)C2)C1. The van der Waals surface area contributed by atoms with Gasteiger partial charge in [-0.05, 0) is 43.4 Å². The van der Waals surface area contributed by atoms with Crippen LogP contribution in [-0.2, 0) is 4.79 Å². The van der Waals surface area contributed by atoms with Crippen LogP contribution in [0.5, 0.6) is 0 Å². The average molecular weight is 280 g/mol. The number of nitrogens with zero attached hydrogens (tertiary/aromatic N) is 1. The Kier molecular flexibility index (Phi) is 4.21. The van der Waals surface area contributed by atoms with Gasteiger partial charge in [0.1, 0.15) is 0 Å². The standard InChI is InChI=1S/C17H32N2O/c1-12-10-19(11-13(2)16(12,4)5)15-7-8-17(6,9-15)18-14(3)20/h12-13,15H,7-11H2,1-6H3,(H,18,20). The number of carbonyl (C=O) groups excluding carboxylic acids is 1. The molecule has 0 aromatic rings. The Labute approximate surface area is 124 Å². The molecule has 1 saturated carbocycles. The normalized spacial score (nSPS) is 41.6. The molecule has 0 spiro atoms. The van der Waals surface area contributed by atoms with Gasteiger partial charge in [-0.15, -0.1) is 0 Å². The third-order valence-electron chi connectivity index (χ3n) is 6.27. The van der Waals surface area contributed by atoms with Gasteiger partial charge in [0.05, 0.1) is 0 Å². The van der Waals surface area contributed by atoms with E-state index in [-0.39, 0.29) is 11.4 Å². The number of likely N-dealkylation sites (tertiary alicyclic amines) is 1. The lowest BCUT2D eigenvalue weighted by Gasteiger charge is -2.49. The molecule has 1 N–H and O–H groups in total. The molecule has 1 aliphatic carbocycles. The molecule has 2 rings (SSSR count). The highest BCUT2D eigenvalue weighted by Gasteiger charge is 2.44. The van der Waals surface area contributed by atoms with Crippen LogP contribution in [0.1, 0.15) is 60.8 Å². The molecule has 20 heavy (non-hydrogen) atoms. The third-order valence-corrected chi connectivity index (χ3v) is 6.27. The largest absolute Gasteiger partial charge is 0.351 e. The molecular weight excluding hydrogens is 248 g/mol. The van der Waals surface area contributed by atoms with E-state index in [0.29, 0.717) is 11.5 Å². The Bertz CT molecular complexity index is 365. The molecule has 116 valence electrons. The Morgan fingerprint density at radius 3 is 2.20 bits per heavy atom. The number of hydrogen-bond donors (Lipinski definition) is 1. The van der Waals surface area contributed by atoms with Gasteiger partial charge in [0, 0.05) is 31.6 Å². The molecule has 1 saturated heterocycles. The van der Waals surface area contributed by atoms with Gasteiger partial charge in [-0.3, -0.25) is 9.69 Å². The minimum atomic E-state index is 0.00986. The summed E-state index contributed by atoms with van der Waals surface area (Å²) >= 11 is 0. The van der Waals surface area contributed by atoms with E-state index in [4.69, 9.17) is 0 Å². The number of amides is 1. The average Bonchev–Trinajstić information content (AvgIpc) is 2.67. The number of hydrogen-bond acceptors (Lipinski definition) is 2. The smallest absolute Gasteiger partial charge is 0.217 e. The number of rotatable bonds is 2. The summed E-state index contributed by atoms with van der Waals surface area (Å²) in [5.74, 6) is 1.58. The number of nitrogens with one attached hydrogen (secondary N) is 1. The van der Waals surface area contributed by atoms with Crippen molar-refractivity contribution in [1.82, 2.24) is 10.2 Å². The molecule has 1 aliphatic heterocycles. The van der Waals surface area contributed by atoms with Crippen LogP contribution in [0, 0.1) is 17.3 Å². The van der Waals surface area contributed by atoms with Crippen molar-refractivity contribution < 1.29 is 4.79 Å². The number of carbonyl (C=O) groups is 1. The van der Waals surface area contributed by atoms with E-state index in [1.807, 2.05) is 0 Å². The topological polar surface area (TPSA) is 32.3 Å². The fourth-order valence-corrected chi connectivity index (χ4v) is 4.09. The maximum Gasteiger partial charge on any atom is 0.217 e. The second-order valence-corrected chi connectivity index (χ2v) is 8.22. The van der Waals surface area contributed by atoms with Gasteiger partial charge in [0.15, 0.2) is 0 Å². The van der Waals surface area contributed by atoms with Crippen molar-refractivity contribution in [2.75, 3.05) is 13.1 Å². The maximum absolute atomic E-state index is 11.4. The second-order valence-electron chi connectivity index (χ2n) is 8.22. The lowest BCUT2D eigenvalue weighted by atomic mass is 9.67. The van der Waals surface area contributed by atoms with Crippen molar-refractivity contribution in [3.05, 3.63) is 0 Å². The zero-order valence-electron chi connectivity index (χ0n) is 14.1. The molecule has 1 heterocycles. The molecule has 3 heteroatoms. The molecule has 0 aromatic carbocycles. The highest BCUT2D eigenvalue weighted by atomic mass is 16.1.